The fourth-order valence-corrected chi connectivity index (χ4v) is 4.35. The lowest BCUT2D eigenvalue weighted by Gasteiger charge is -2.29. The number of nitrogens with one attached hydrogen (secondary N) is 1. The number of piperidine rings is 1. The molecule has 1 aliphatic carbocycles. The second-order valence-corrected chi connectivity index (χ2v) is 7.74. The zero-order valence-electron chi connectivity index (χ0n) is 14.1. The first-order valence-electron chi connectivity index (χ1n) is 8.68. The lowest BCUT2D eigenvalue weighted by Crippen LogP contribution is -2.41. The van der Waals surface area contributed by atoms with Crippen LogP contribution in [0.4, 0.5) is 0 Å². The van der Waals surface area contributed by atoms with Crippen molar-refractivity contribution in [2.45, 2.75) is 31.8 Å². The molecule has 132 valence electrons. The zero-order valence-corrected chi connectivity index (χ0v) is 14.9. The second-order valence-electron chi connectivity index (χ2n) is 6.76. The Bertz CT molecular complexity index is 701. The van der Waals surface area contributed by atoms with E-state index in [0.717, 1.165) is 37.4 Å². The maximum Gasteiger partial charge on any atom is 0.261 e. The molecule has 25 heavy (non-hydrogen) atoms. The SMILES string of the molecule is O=C(COc1cccnc1)N(Cc1nccs1)C1CC12CCNCC2. The highest BCUT2D eigenvalue weighted by molar-refractivity contribution is 7.09. The second kappa shape index (κ2) is 7.09. The van der Waals surface area contributed by atoms with Crippen LogP contribution in [0, 0.1) is 5.41 Å². The van der Waals surface area contributed by atoms with Crippen LogP contribution in [-0.2, 0) is 11.3 Å². The third kappa shape index (κ3) is 3.67. The monoisotopic (exact) mass is 358 g/mol. The smallest absolute Gasteiger partial charge is 0.261 e. The van der Waals surface area contributed by atoms with Gasteiger partial charge in [-0.2, -0.15) is 0 Å². The normalized spacial score (nSPS) is 21.0. The fraction of sp³-hybridized carbons (Fsp3) is 0.500. The van der Waals surface area contributed by atoms with Crippen LogP contribution in [0.1, 0.15) is 24.3 Å². The molecule has 2 aliphatic rings. The Morgan fingerprint density at radius 2 is 2.28 bits per heavy atom. The van der Waals surface area contributed by atoms with Crippen molar-refractivity contribution < 1.29 is 9.53 Å². The molecule has 1 saturated heterocycles. The highest BCUT2D eigenvalue weighted by Gasteiger charge is 2.57. The lowest BCUT2D eigenvalue weighted by molar-refractivity contribution is -0.135. The number of rotatable bonds is 6. The van der Waals surface area contributed by atoms with Crippen molar-refractivity contribution in [2.24, 2.45) is 5.41 Å². The maximum absolute atomic E-state index is 12.9. The Labute approximate surface area is 151 Å². The number of hydrogen-bond donors (Lipinski definition) is 1. The summed E-state index contributed by atoms with van der Waals surface area (Å²) in [5.74, 6) is 0.650. The van der Waals surface area contributed by atoms with Crippen LogP contribution in [0.25, 0.3) is 0 Å². The Hall–Kier alpha value is -1.99. The van der Waals surface area contributed by atoms with E-state index in [0.29, 0.717) is 23.8 Å². The highest BCUT2D eigenvalue weighted by atomic mass is 32.1. The van der Waals surface area contributed by atoms with Crippen molar-refractivity contribution in [3.8, 4) is 5.75 Å². The molecule has 1 atom stereocenters. The van der Waals surface area contributed by atoms with Crippen molar-refractivity contribution in [1.82, 2.24) is 20.2 Å². The number of thiazole rings is 1. The molecule has 1 aliphatic heterocycles. The Kier molecular flexibility index (Phi) is 4.67. The van der Waals surface area contributed by atoms with Crippen molar-refractivity contribution in [3.05, 3.63) is 41.1 Å². The molecular weight excluding hydrogens is 336 g/mol. The minimum Gasteiger partial charge on any atom is -0.482 e. The van der Waals surface area contributed by atoms with E-state index < -0.39 is 0 Å². The predicted octanol–water partition coefficient (Wildman–Crippen LogP) is 2.09. The van der Waals surface area contributed by atoms with Crippen LogP contribution in [0.2, 0.25) is 0 Å². The fourth-order valence-electron chi connectivity index (χ4n) is 3.74. The van der Waals surface area contributed by atoms with E-state index in [-0.39, 0.29) is 12.5 Å². The van der Waals surface area contributed by atoms with Crippen molar-refractivity contribution >= 4 is 17.2 Å². The number of carbonyl (C=O) groups excluding carboxylic acids is 1. The standard InChI is InChI=1S/C18H22N4O2S/c23-17(13-24-14-2-1-5-20-11-14)22(12-16-21-8-9-25-16)15-10-18(15)3-6-19-7-4-18/h1-2,5,8-9,11,15,19H,3-4,6-7,10,12-13H2. The summed E-state index contributed by atoms with van der Waals surface area (Å²) in [5.41, 5.74) is 0.298. The van der Waals surface area contributed by atoms with Gasteiger partial charge < -0.3 is 15.0 Å². The first kappa shape index (κ1) is 16.5. The van der Waals surface area contributed by atoms with Gasteiger partial charge in [0.05, 0.1) is 12.7 Å². The third-order valence-corrected chi connectivity index (χ3v) is 5.99. The third-order valence-electron chi connectivity index (χ3n) is 5.23. The average Bonchev–Trinajstić information content (AvgIpc) is 3.08. The molecule has 0 aromatic carbocycles. The summed E-state index contributed by atoms with van der Waals surface area (Å²) < 4.78 is 5.64. The van der Waals surface area contributed by atoms with Crippen molar-refractivity contribution in [2.75, 3.05) is 19.7 Å². The summed E-state index contributed by atoms with van der Waals surface area (Å²) in [4.78, 5) is 23.3. The molecule has 1 spiro atoms. The van der Waals surface area contributed by atoms with Gasteiger partial charge in [0.2, 0.25) is 0 Å². The van der Waals surface area contributed by atoms with Gasteiger partial charge in [0.25, 0.3) is 5.91 Å². The molecule has 7 heteroatoms. The van der Waals surface area contributed by atoms with E-state index in [2.05, 4.69) is 15.3 Å². The van der Waals surface area contributed by atoms with Gasteiger partial charge in [0.1, 0.15) is 10.8 Å². The number of aromatic nitrogens is 2. The largest absolute Gasteiger partial charge is 0.482 e. The molecule has 1 amide bonds. The molecule has 2 aromatic heterocycles. The predicted molar refractivity (Wildman–Crippen MR) is 95.3 cm³/mol. The Morgan fingerprint density at radius 3 is 3.00 bits per heavy atom. The number of ether oxygens (including phenoxy) is 1. The first-order valence-corrected chi connectivity index (χ1v) is 9.56. The van der Waals surface area contributed by atoms with E-state index in [1.807, 2.05) is 16.3 Å². The number of nitrogens with zero attached hydrogens (tertiary/aromatic N) is 3. The van der Waals surface area contributed by atoms with Crippen LogP contribution in [-0.4, -0.2) is 46.5 Å². The number of hydrogen-bond acceptors (Lipinski definition) is 6. The summed E-state index contributed by atoms with van der Waals surface area (Å²) in [6.45, 7) is 2.71. The summed E-state index contributed by atoms with van der Waals surface area (Å²) in [7, 11) is 0. The molecule has 3 heterocycles. The van der Waals surface area contributed by atoms with Crippen LogP contribution >= 0.6 is 11.3 Å². The van der Waals surface area contributed by atoms with Crippen LogP contribution in [0.3, 0.4) is 0 Å². The number of amides is 1. The summed E-state index contributed by atoms with van der Waals surface area (Å²) in [5, 5.41) is 6.35. The number of pyridine rings is 1. The molecule has 6 nitrogen and oxygen atoms in total. The minimum absolute atomic E-state index is 0.0273. The number of carbonyl (C=O) groups is 1. The summed E-state index contributed by atoms with van der Waals surface area (Å²) in [6, 6.07) is 3.93. The van der Waals surface area contributed by atoms with Crippen LogP contribution < -0.4 is 10.1 Å². The van der Waals surface area contributed by atoms with E-state index in [1.54, 1.807) is 36.0 Å². The Morgan fingerprint density at radius 1 is 1.40 bits per heavy atom. The van der Waals surface area contributed by atoms with Gasteiger partial charge in [0, 0.05) is 23.8 Å². The van der Waals surface area contributed by atoms with E-state index in [1.165, 1.54) is 0 Å². The van der Waals surface area contributed by atoms with Gasteiger partial charge in [-0.25, -0.2) is 4.98 Å². The van der Waals surface area contributed by atoms with E-state index >= 15 is 0 Å². The molecule has 1 unspecified atom stereocenters. The topological polar surface area (TPSA) is 67.3 Å². The highest BCUT2D eigenvalue weighted by Crippen LogP contribution is 2.56. The van der Waals surface area contributed by atoms with Gasteiger partial charge >= 0.3 is 0 Å². The lowest BCUT2D eigenvalue weighted by atomic mass is 9.93. The van der Waals surface area contributed by atoms with E-state index in [9.17, 15) is 4.79 Å². The molecule has 0 radical (unpaired) electrons. The van der Waals surface area contributed by atoms with Gasteiger partial charge in [-0.1, -0.05) is 0 Å². The molecule has 4 rings (SSSR count). The zero-order chi connectivity index (χ0) is 17.1. The average molecular weight is 358 g/mol. The van der Waals surface area contributed by atoms with Gasteiger partial charge in [-0.05, 0) is 49.9 Å². The quantitative estimate of drug-likeness (QED) is 0.856. The first-order chi connectivity index (χ1) is 12.3. The van der Waals surface area contributed by atoms with Crippen molar-refractivity contribution in [3.63, 3.8) is 0 Å². The minimum atomic E-state index is 0.0273. The van der Waals surface area contributed by atoms with Crippen LogP contribution in [0.15, 0.2) is 36.1 Å². The molecule has 1 N–H and O–H groups in total. The summed E-state index contributed by atoms with van der Waals surface area (Å²) >= 11 is 1.60. The van der Waals surface area contributed by atoms with Crippen molar-refractivity contribution in [1.29, 1.82) is 0 Å². The molecule has 0 bridgehead atoms. The Balaban J connectivity index is 1.44. The van der Waals surface area contributed by atoms with Gasteiger partial charge in [-0.3, -0.25) is 9.78 Å². The molecule has 2 fully saturated rings. The van der Waals surface area contributed by atoms with Gasteiger partial charge in [-0.15, -0.1) is 11.3 Å². The van der Waals surface area contributed by atoms with E-state index in [4.69, 9.17) is 4.74 Å². The maximum atomic E-state index is 12.9. The molecular formula is C18H22N4O2S. The van der Waals surface area contributed by atoms with Gasteiger partial charge in [0.15, 0.2) is 6.61 Å². The summed E-state index contributed by atoms with van der Waals surface area (Å²) in [6.07, 6.45) is 8.49. The molecule has 1 saturated carbocycles. The van der Waals surface area contributed by atoms with Crippen LogP contribution in [0.5, 0.6) is 5.75 Å². The molecule has 2 aromatic rings.